The minimum absolute atomic E-state index is 0.235. The molecule has 1 amide bonds. The highest BCUT2D eigenvalue weighted by atomic mass is 35.5. The molecule has 0 aliphatic rings. The van der Waals surface area contributed by atoms with Gasteiger partial charge < -0.3 is 19.5 Å². The summed E-state index contributed by atoms with van der Waals surface area (Å²) in [6.45, 7) is -0.494. The fourth-order valence-corrected chi connectivity index (χ4v) is 2.11. The van der Waals surface area contributed by atoms with Crippen LogP contribution in [-0.2, 0) is 25.6 Å². The molecule has 0 spiro atoms. The van der Waals surface area contributed by atoms with Crippen molar-refractivity contribution in [3.63, 3.8) is 0 Å². The lowest BCUT2D eigenvalue weighted by Gasteiger charge is -2.08. The van der Waals surface area contributed by atoms with Crippen molar-refractivity contribution in [1.29, 1.82) is 0 Å². The van der Waals surface area contributed by atoms with E-state index in [-0.39, 0.29) is 13.2 Å². The van der Waals surface area contributed by atoms with Gasteiger partial charge in [-0.25, -0.2) is 9.59 Å². The van der Waals surface area contributed by atoms with Gasteiger partial charge in [-0.1, -0.05) is 23.7 Å². The van der Waals surface area contributed by atoms with Gasteiger partial charge in [-0.2, -0.15) is 0 Å². The van der Waals surface area contributed by atoms with Gasteiger partial charge in [0.05, 0.1) is 12.7 Å². The smallest absolute Gasteiger partial charge is 0.344 e. The summed E-state index contributed by atoms with van der Waals surface area (Å²) in [6.07, 6.45) is 0. The molecule has 0 atom stereocenters. The summed E-state index contributed by atoms with van der Waals surface area (Å²) in [5.41, 5.74) is 1.20. The maximum atomic E-state index is 11.7. The number of rotatable bonds is 8. The molecule has 7 nitrogen and oxygen atoms in total. The second kappa shape index (κ2) is 10.2. The maximum Gasteiger partial charge on any atom is 0.344 e. The van der Waals surface area contributed by atoms with Gasteiger partial charge in [-0.15, -0.1) is 0 Å². The van der Waals surface area contributed by atoms with Crippen molar-refractivity contribution in [2.45, 2.75) is 6.54 Å². The quantitative estimate of drug-likeness (QED) is 0.695. The van der Waals surface area contributed by atoms with Crippen LogP contribution in [0.3, 0.4) is 0 Å². The lowest BCUT2D eigenvalue weighted by Crippen LogP contribution is -2.29. The predicted molar refractivity (Wildman–Crippen MR) is 97.5 cm³/mol. The standard InChI is InChI=1S/C19H18ClNO6/c1-25-19(24)14-4-2-13(3-5-14)10-21-17(22)11-27-18(23)12-26-16-8-6-15(20)7-9-16/h2-9H,10-12H2,1H3,(H,21,22). The molecule has 0 radical (unpaired) electrons. The average Bonchev–Trinajstić information content (AvgIpc) is 2.70. The van der Waals surface area contributed by atoms with E-state index in [1.165, 1.54) is 7.11 Å². The number of amides is 1. The Morgan fingerprint density at radius 1 is 0.963 bits per heavy atom. The van der Waals surface area contributed by atoms with E-state index in [1.54, 1.807) is 48.5 Å². The number of carbonyl (C=O) groups is 3. The van der Waals surface area contributed by atoms with Crippen molar-refractivity contribution >= 4 is 29.4 Å². The third-order valence-corrected chi connectivity index (χ3v) is 3.65. The van der Waals surface area contributed by atoms with Gasteiger partial charge in [0.2, 0.25) is 0 Å². The number of esters is 2. The number of ether oxygens (including phenoxy) is 3. The number of benzene rings is 2. The van der Waals surface area contributed by atoms with Gasteiger partial charge >= 0.3 is 11.9 Å². The van der Waals surface area contributed by atoms with Gasteiger partial charge in [0.1, 0.15) is 5.75 Å². The van der Waals surface area contributed by atoms with E-state index in [9.17, 15) is 14.4 Å². The van der Waals surface area contributed by atoms with E-state index >= 15 is 0 Å². The number of hydrogen-bond donors (Lipinski definition) is 1. The third kappa shape index (κ3) is 6.99. The average molecular weight is 392 g/mol. The van der Waals surface area contributed by atoms with Crippen LogP contribution in [0, 0.1) is 0 Å². The Morgan fingerprint density at radius 2 is 1.63 bits per heavy atom. The summed E-state index contributed by atoms with van der Waals surface area (Å²) >= 11 is 5.75. The molecule has 27 heavy (non-hydrogen) atoms. The minimum Gasteiger partial charge on any atom is -0.482 e. The molecular formula is C19H18ClNO6. The van der Waals surface area contributed by atoms with Crippen molar-refractivity contribution in [2.24, 2.45) is 0 Å². The second-order valence-corrected chi connectivity index (χ2v) is 5.80. The number of nitrogens with one attached hydrogen (secondary N) is 1. The van der Waals surface area contributed by atoms with E-state index in [2.05, 4.69) is 10.1 Å². The Hall–Kier alpha value is -3.06. The van der Waals surface area contributed by atoms with Gasteiger partial charge in [0.25, 0.3) is 5.91 Å². The molecule has 0 fully saturated rings. The van der Waals surface area contributed by atoms with E-state index in [0.29, 0.717) is 16.3 Å². The lowest BCUT2D eigenvalue weighted by molar-refractivity contribution is -0.150. The number of methoxy groups -OCH3 is 1. The summed E-state index contributed by atoms with van der Waals surface area (Å²) in [7, 11) is 1.30. The Labute approximate surface area is 161 Å². The second-order valence-electron chi connectivity index (χ2n) is 5.37. The van der Waals surface area contributed by atoms with Crippen molar-refractivity contribution in [1.82, 2.24) is 5.32 Å². The van der Waals surface area contributed by atoms with Crippen molar-refractivity contribution in [3.05, 3.63) is 64.7 Å². The van der Waals surface area contributed by atoms with E-state index in [4.69, 9.17) is 21.1 Å². The van der Waals surface area contributed by atoms with E-state index < -0.39 is 24.5 Å². The number of halogens is 1. The fraction of sp³-hybridized carbons (Fsp3) is 0.211. The first-order valence-electron chi connectivity index (χ1n) is 7.96. The number of carbonyl (C=O) groups excluding carboxylic acids is 3. The van der Waals surface area contributed by atoms with Crippen LogP contribution in [-0.4, -0.2) is 38.2 Å². The Bertz CT molecular complexity index is 789. The molecule has 2 rings (SSSR count). The summed E-state index contributed by atoms with van der Waals surface area (Å²) in [5, 5.41) is 3.17. The summed E-state index contributed by atoms with van der Waals surface area (Å²) in [4.78, 5) is 34.7. The first-order chi connectivity index (χ1) is 13.0. The zero-order valence-corrected chi connectivity index (χ0v) is 15.3. The van der Waals surface area contributed by atoms with Crippen LogP contribution >= 0.6 is 11.6 Å². The van der Waals surface area contributed by atoms with Crippen molar-refractivity contribution in [3.8, 4) is 5.75 Å². The van der Waals surface area contributed by atoms with Crippen molar-refractivity contribution < 1.29 is 28.6 Å². The molecule has 0 unspecified atom stereocenters. The molecule has 0 bridgehead atoms. The molecule has 0 aliphatic carbocycles. The summed E-state index contributed by atoms with van der Waals surface area (Å²) in [6, 6.07) is 13.1. The van der Waals surface area contributed by atoms with Gasteiger partial charge in [-0.05, 0) is 42.0 Å². The van der Waals surface area contributed by atoms with Crippen LogP contribution in [0.25, 0.3) is 0 Å². The molecule has 0 aliphatic heterocycles. The molecule has 2 aromatic carbocycles. The molecule has 1 N–H and O–H groups in total. The van der Waals surface area contributed by atoms with Crippen LogP contribution in [0.2, 0.25) is 5.02 Å². The van der Waals surface area contributed by atoms with Crippen LogP contribution in [0.5, 0.6) is 5.75 Å². The summed E-state index contributed by atoms with van der Waals surface area (Å²) in [5.74, 6) is -1.08. The highest BCUT2D eigenvalue weighted by Crippen LogP contribution is 2.15. The van der Waals surface area contributed by atoms with Gasteiger partial charge in [0, 0.05) is 11.6 Å². The maximum absolute atomic E-state index is 11.7. The number of hydrogen-bond acceptors (Lipinski definition) is 6. The zero-order chi connectivity index (χ0) is 19.6. The highest BCUT2D eigenvalue weighted by molar-refractivity contribution is 6.30. The third-order valence-electron chi connectivity index (χ3n) is 3.40. The summed E-state index contributed by atoms with van der Waals surface area (Å²) < 4.78 is 14.7. The van der Waals surface area contributed by atoms with Crippen LogP contribution in [0.1, 0.15) is 15.9 Å². The minimum atomic E-state index is -0.664. The van der Waals surface area contributed by atoms with E-state index in [1.807, 2.05) is 0 Å². The highest BCUT2D eigenvalue weighted by Gasteiger charge is 2.09. The Morgan fingerprint density at radius 3 is 2.26 bits per heavy atom. The largest absolute Gasteiger partial charge is 0.482 e. The first-order valence-corrected chi connectivity index (χ1v) is 8.33. The van der Waals surface area contributed by atoms with Crippen LogP contribution in [0.4, 0.5) is 0 Å². The normalized spacial score (nSPS) is 10.0. The topological polar surface area (TPSA) is 90.9 Å². The molecule has 0 heterocycles. The van der Waals surface area contributed by atoms with Crippen LogP contribution in [0.15, 0.2) is 48.5 Å². The van der Waals surface area contributed by atoms with Crippen molar-refractivity contribution in [2.75, 3.05) is 20.3 Å². The SMILES string of the molecule is COC(=O)c1ccc(CNC(=O)COC(=O)COc2ccc(Cl)cc2)cc1. The molecule has 0 saturated heterocycles. The first kappa shape index (κ1) is 20.3. The van der Waals surface area contributed by atoms with Crippen LogP contribution < -0.4 is 10.1 Å². The van der Waals surface area contributed by atoms with Gasteiger partial charge in [0.15, 0.2) is 13.2 Å². The molecule has 142 valence electrons. The predicted octanol–water partition coefficient (Wildman–Crippen LogP) is 2.37. The molecule has 0 saturated carbocycles. The molecule has 2 aromatic rings. The molecule has 0 aromatic heterocycles. The zero-order valence-electron chi connectivity index (χ0n) is 14.6. The molecule has 8 heteroatoms. The molecular weight excluding hydrogens is 374 g/mol. The Kier molecular flexibility index (Phi) is 7.63. The Balaban J connectivity index is 1.67. The fourth-order valence-electron chi connectivity index (χ4n) is 1.99. The monoisotopic (exact) mass is 391 g/mol. The van der Waals surface area contributed by atoms with Gasteiger partial charge in [-0.3, -0.25) is 4.79 Å². The lowest BCUT2D eigenvalue weighted by atomic mass is 10.1. The van der Waals surface area contributed by atoms with E-state index in [0.717, 1.165) is 5.56 Å².